The fourth-order valence-electron chi connectivity index (χ4n) is 6.03. The summed E-state index contributed by atoms with van der Waals surface area (Å²) in [7, 11) is 0. The van der Waals surface area contributed by atoms with Crippen LogP contribution >= 0.6 is 0 Å². The summed E-state index contributed by atoms with van der Waals surface area (Å²) in [6.45, 7) is 14.8. The minimum Gasteiger partial charge on any atom is -0.466 e. The zero-order valence-electron chi connectivity index (χ0n) is 29.7. The maximum Gasteiger partial charge on any atom is 0.305 e. The van der Waals surface area contributed by atoms with E-state index >= 15 is 0 Å². The van der Waals surface area contributed by atoms with Crippen LogP contribution in [0.4, 0.5) is 0 Å². The number of unbranched alkanes of at least 4 members (excludes halogenated alkanes) is 14. The highest BCUT2D eigenvalue weighted by Crippen LogP contribution is 2.23. The molecular weight excluding hydrogens is 532 g/mol. The molecule has 0 rings (SSSR count). The van der Waals surface area contributed by atoms with E-state index in [-0.39, 0.29) is 5.97 Å². The Morgan fingerprint density at radius 2 is 1.07 bits per heavy atom. The molecule has 0 amide bonds. The Hall–Kier alpha value is -0.940. The van der Waals surface area contributed by atoms with Gasteiger partial charge in [0.1, 0.15) is 5.78 Å². The van der Waals surface area contributed by atoms with E-state index in [1.54, 1.807) is 6.92 Å². The second-order valence-electron chi connectivity index (χ2n) is 13.3. The minimum absolute atomic E-state index is 0.00879. The molecule has 5 nitrogen and oxygen atoms in total. The molecule has 0 aromatic heterocycles. The molecule has 0 aromatic rings. The second-order valence-corrected chi connectivity index (χ2v) is 13.3. The van der Waals surface area contributed by atoms with Crippen LogP contribution in [-0.2, 0) is 14.3 Å². The second kappa shape index (κ2) is 33.9. The molecule has 43 heavy (non-hydrogen) atoms. The normalized spacial score (nSPS) is 11.6. The van der Waals surface area contributed by atoms with E-state index in [1.165, 1.54) is 135 Å². The van der Waals surface area contributed by atoms with Crippen LogP contribution < -0.4 is 5.32 Å². The first-order chi connectivity index (χ1) is 21.0. The van der Waals surface area contributed by atoms with Gasteiger partial charge in [-0.2, -0.15) is 0 Å². The number of Topliss-reactive ketones (excluding diaryl/α,β-unsaturated/α-hetero) is 1. The fraction of sp³-hybridized carbons (Fsp3) is 0.947. The summed E-state index contributed by atoms with van der Waals surface area (Å²) in [5, 5.41) is 3.55. The first-order valence-corrected chi connectivity index (χ1v) is 19.1. The van der Waals surface area contributed by atoms with Gasteiger partial charge in [0.05, 0.1) is 6.61 Å². The molecule has 0 aliphatic heterocycles. The van der Waals surface area contributed by atoms with Crippen molar-refractivity contribution in [2.45, 2.75) is 188 Å². The molecule has 0 unspecified atom stereocenters. The number of nitrogens with one attached hydrogen (secondary N) is 1. The maximum absolute atomic E-state index is 12.3. The van der Waals surface area contributed by atoms with Crippen molar-refractivity contribution < 1.29 is 14.3 Å². The van der Waals surface area contributed by atoms with Gasteiger partial charge in [0.25, 0.3) is 0 Å². The zero-order valence-corrected chi connectivity index (χ0v) is 29.7. The van der Waals surface area contributed by atoms with Gasteiger partial charge in [-0.1, -0.05) is 124 Å². The third kappa shape index (κ3) is 32.3. The van der Waals surface area contributed by atoms with E-state index < -0.39 is 0 Å². The van der Waals surface area contributed by atoms with E-state index in [0.717, 1.165) is 57.7 Å². The SMILES string of the molecule is CCCCCCC(CCCCCC)CCCOC(=O)CCCCCCCN(CCCCCCCC(C)=O)CCNCCC. The number of esters is 1. The van der Waals surface area contributed by atoms with Crippen LogP contribution in [0.3, 0.4) is 0 Å². The standard InChI is InChI=1S/C38H76N2O3/c1-5-8-10-19-26-37(27-20-11-9-6-2)28-24-35-43-38(42)29-21-15-13-17-23-33-40(34-31-39-30-7-3)32-22-16-12-14-18-25-36(4)41/h37,39H,5-35H2,1-4H3. The van der Waals surface area contributed by atoms with Crippen LogP contribution in [-0.4, -0.2) is 56.0 Å². The third-order valence-electron chi connectivity index (χ3n) is 8.84. The molecule has 1 N–H and O–H groups in total. The highest BCUT2D eigenvalue weighted by molar-refractivity contribution is 5.75. The van der Waals surface area contributed by atoms with Gasteiger partial charge in [-0.3, -0.25) is 4.79 Å². The van der Waals surface area contributed by atoms with Crippen LogP contribution in [0.25, 0.3) is 0 Å². The Labute approximate surface area is 269 Å². The molecule has 0 aliphatic rings. The Bertz CT molecular complexity index is 586. The van der Waals surface area contributed by atoms with Gasteiger partial charge in [0, 0.05) is 25.9 Å². The first kappa shape index (κ1) is 42.1. The predicted molar refractivity (Wildman–Crippen MR) is 187 cm³/mol. The van der Waals surface area contributed by atoms with Crippen LogP contribution in [0.2, 0.25) is 0 Å². The molecular formula is C38H76N2O3. The summed E-state index contributed by atoms with van der Waals surface area (Å²) in [6.07, 6.45) is 30.1. The Kier molecular flexibility index (Phi) is 33.2. The van der Waals surface area contributed by atoms with Gasteiger partial charge in [-0.15, -0.1) is 0 Å². The first-order valence-electron chi connectivity index (χ1n) is 19.1. The third-order valence-corrected chi connectivity index (χ3v) is 8.84. The lowest BCUT2D eigenvalue weighted by Gasteiger charge is -2.22. The fourth-order valence-corrected chi connectivity index (χ4v) is 6.03. The molecule has 0 spiro atoms. The molecule has 0 saturated carbocycles. The van der Waals surface area contributed by atoms with E-state index in [1.807, 2.05) is 0 Å². The Balaban J connectivity index is 3.98. The van der Waals surface area contributed by atoms with Crippen molar-refractivity contribution in [2.24, 2.45) is 5.92 Å². The lowest BCUT2D eigenvalue weighted by Crippen LogP contribution is -2.34. The van der Waals surface area contributed by atoms with Gasteiger partial charge in [-0.25, -0.2) is 0 Å². The molecule has 0 aliphatic carbocycles. The monoisotopic (exact) mass is 609 g/mol. The Morgan fingerprint density at radius 1 is 0.558 bits per heavy atom. The molecule has 0 atom stereocenters. The summed E-state index contributed by atoms with van der Waals surface area (Å²) in [5.74, 6) is 1.15. The molecule has 0 fully saturated rings. The van der Waals surface area contributed by atoms with Gasteiger partial charge >= 0.3 is 5.97 Å². The van der Waals surface area contributed by atoms with Crippen molar-refractivity contribution in [3.63, 3.8) is 0 Å². The molecule has 0 radical (unpaired) electrons. The van der Waals surface area contributed by atoms with Crippen molar-refractivity contribution in [2.75, 3.05) is 39.3 Å². The Morgan fingerprint density at radius 3 is 1.63 bits per heavy atom. The highest BCUT2D eigenvalue weighted by atomic mass is 16.5. The zero-order chi connectivity index (χ0) is 31.6. The molecule has 256 valence electrons. The summed E-state index contributed by atoms with van der Waals surface area (Å²) in [4.78, 5) is 26.0. The van der Waals surface area contributed by atoms with Crippen LogP contribution in [0.1, 0.15) is 188 Å². The number of carbonyl (C=O) groups excluding carboxylic acids is 2. The van der Waals surface area contributed by atoms with Crippen molar-refractivity contribution in [3.8, 4) is 0 Å². The largest absolute Gasteiger partial charge is 0.466 e. The summed E-state index contributed by atoms with van der Waals surface area (Å²) in [5.41, 5.74) is 0. The average molecular weight is 609 g/mol. The number of hydrogen-bond acceptors (Lipinski definition) is 5. The number of hydrogen-bond donors (Lipinski definition) is 1. The number of ketones is 1. The van der Waals surface area contributed by atoms with Gasteiger partial charge in [0.15, 0.2) is 0 Å². The van der Waals surface area contributed by atoms with Crippen molar-refractivity contribution in [1.82, 2.24) is 10.2 Å². The van der Waals surface area contributed by atoms with Crippen LogP contribution in [0.15, 0.2) is 0 Å². The average Bonchev–Trinajstić information content (AvgIpc) is 2.99. The smallest absolute Gasteiger partial charge is 0.305 e. The van der Waals surface area contributed by atoms with E-state index in [0.29, 0.717) is 18.8 Å². The van der Waals surface area contributed by atoms with Crippen LogP contribution in [0, 0.1) is 5.92 Å². The molecule has 0 saturated heterocycles. The topological polar surface area (TPSA) is 58.6 Å². The number of nitrogens with zero attached hydrogens (tertiary/aromatic N) is 1. The molecule has 0 heterocycles. The van der Waals surface area contributed by atoms with Gasteiger partial charge in [-0.05, 0) is 77.4 Å². The summed E-state index contributed by atoms with van der Waals surface area (Å²) >= 11 is 0. The van der Waals surface area contributed by atoms with Crippen molar-refractivity contribution in [1.29, 1.82) is 0 Å². The predicted octanol–water partition coefficient (Wildman–Crippen LogP) is 10.4. The summed E-state index contributed by atoms with van der Waals surface area (Å²) in [6, 6.07) is 0. The van der Waals surface area contributed by atoms with Gasteiger partial charge < -0.3 is 19.7 Å². The van der Waals surface area contributed by atoms with E-state index in [2.05, 4.69) is 31.0 Å². The minimum atomic E-state index is 0.00879. The van der Waals surface area contributed by atoms with E-state index in [9.17, 15) is 9.59 Å². The number of rotatable bonds is 35. The lowest BCUT2D eigenvalue weighted by molar-refractivity contribution is -0.144. The van der Waals surface area contributed by atoms with Crippen molar-refractivity contribution >= 4 is 11.8 Å². The lowest BCUT2D eigenvalue weighted by atomic mass is 9.91. The highest BCUT2D eigenvalue weighted by Gasteiger charge is 2.10. The van der Waals surface area contributed by atoms with Crippen molar-refractivity contribution in [3.05, 3.63) is 0 Å². The number of ether oxygens (including phenoxy) is 1. The van der Waals surface area contributed by atoms with Crippen LogP contribution in [0.5, 0.6) is 0 Å². The van der Waals surface area contributed by atoms with Gasteiger partial charge in [0.2, 0.25) is 0 Å². The maximum atomic E-state index is 12.3. The summed E-state index contributed by atoms with van der Waals surface area (Å²) < 4.78 is 5.60. The molecule has 0 bridgehead atoms. The molecule has 0 aromatic carbocycles. The van der Waals surface area contributed by atoms with E-state index in [4.69, 9.17) is 4.74 Å². The quantitative estimate of drug-likeness (QED) is 0.0573. The number of carbonyl (C=O) groups is 2. The molecule has 5 heteroatoms.